The Balaban J connectivity index is 1.55. The average molecular weight is 479 g/mol. The number of nitrogens with one attached hydrogen (secondary N) is 1. The SMILES string of the molecule is Cn1cnnc1C1(c2cccc(-n3cc(C4CC4)c4c(S(C)(=O)=O)c[nH]c4c3=O)c2)CC(N)C1. The number of hydrogen-bond donors (Lipinski definition) is 2. The molecule has 34 heavy (non-hydrogen) atoms. The highest BCUT2D eigenvalue weighted by molar-refractivity contribution is 7.91. The Labute approximate surface area is 196 Å². The fourth-order valence-electron chi connectivity index (χ4n) is 5.48. The van der Waals surface area contributed by atoms with Gasteiger partial charge in [-0.2, -0.15) is 0 Å². The number of hydrogen-bond acceptors (Lipinski definition) is 6. The van der Waals surface area contributed by atoms with E-state index in [1.165, 1.54) is 12.5 Å². The maximum atomic E-state index is 13.5. The van der Waals surface area contributed by atoms with Gasteiger partial charge in [-0.25, -0.2) is 8.42 Å². The highest BCUT2D eigenvalue weighted by atomic mass is 32.2. The third-order valence-electron chi connectivity index (χ3n) is 7.29. The number of benzene rings is 1. The van der Waals surface area contributed by atoms with Crippen LogP contribution in [0.2, 0.25) is 0 Å². The number of nitrogens with zero attached hydrogens (tertiary/aromatic N) is 4. The molecule has 0 bridgehead atoms. The van der Waals surface area contributed by atoms with E-state index in [2.05, 4.69) is 15.2 Å². The molecule has 176 valence electrons. The van der Waals surface area contributed by atoms with Gasteiger partial charge in [0, 0.05) is 42.8 Å². The molecule has 9 nitrogen and oxygen atoms in total. The average Bonchev–Trinajstić information content (AvgIpc) is 3.35. The number of aromatic amines is 1. The first-order valence-corrected chi connectivity index (χ1v) is 13.3. The van der Waals surface area contributed by atoms with E-state index in [4.69, 9.17) is 5.73 Å². The van der Waals surface area contributed by atoms with Crippen LogP contribution in [0.25, 0.3) is 16.6 Å². The molecule has 2 aliphatic carbocycles. The van der Waals surface area contributed by atoms with Crippen LogP contribution in [0.4, 0.5) is 0 Å². The minimum Gasteiger partial charge on any atom is -0.355 e. The maximum Gasteiger partial charge on any atom is 0.279 e. The summed E-state index contributed by atoms with van der Waals surface area (Å²) < 4.78 is 28.3. The second-order valence-electron chi connectivity index (χ2n) is 9.78. The zero-order valence-corrected chi connectivity index (χ0v) is 19.8. The first-order chi connectivity index (χ1) is 16.2. The first kappa shape index (κ1) is 21.3. The summed E-state index contributed by atoms with van der Waals surface area (Å²) in [4.78, 5) is 16.7. The molecule has 3 heterocycles. The standard InChI is InChI=1S/C24H26N6O3S/c1-29-13-27-28-23(29)24(9-16(25)10-24)15-4-3-5-17(8-15)30-12-18(14-6-7-14)20-19(34(2,32)33)11-26-21(20)22(30)31/h3-5,8,11-14,16,26H,6-7,9-10,25H2,1-2H3. The lowest BCUT2D eigenvalue weighted by Crippen LogP contribution is -2.51. The van der Waals surface area contributed by atoms with Crippen molar-refractivity contribution in [1.82, 2.24) is 24.3 Å². The minimum atomic E-state index is -3.47. The second-order valence-corrected chi connectivity index (χ2v) is 11.8. The van der Waals surface area contributed by atoms with Crippen molar-refractivity contribution in [3.63, 3.8) is 0 Å². The molecule has 0 spiro atoms. The summed E-state index contributed by atoms with van der Waals surface area (Å²) >= 11 is 0. The van der Waals surface area contributed by atoms with Crippen molar-refractivity contribution in [3.8, 4) is 5.69 Å². The van der Waals surface area contributed by atoms with Gasteiger partial charge in [0.05, 0.1) is 10.3 Å². The number of H-pyrrole nitrogens is 1. The number of aromatic nitrogens is 5. The number of rotatable bonds is 5. The number of nitrogens with two attached hydrogens (primary N) is 1. The molecular weight excluding hydrogens is 452 g/mol. The second kappa shape index (κ2) is 7.13. The molecule has 0 unspecified atom stereocenters. The van der Waals surface area contributed by atoms with Gasteiger partial charge >= 0.3 is 0 Å². The van der Waals surface area contributed by atoms with E-state index in [1.54, 1.807) is 10.9 Å². The molecule has 2 fully saturated rings. The van der Waals surface area contributed by atoms with Crippen LogP contribution in [0.3, 0.4) is 0 Å². The van der Waals surface area contributed by atoms with Crippen molar-refractivity contribution < 1.29 is 8.42 Å². The van der Waals surface area contributed by atoms with Crippen molar-refractivity contribution in [2.24, 2.45) is 12.8 Å². The van der Waals surface area contributed by atoms with Crippen LogP contribution in [0.15, 0.2) is 52.7 Å². The van der Waals surface area contributed by atoms with Crippen molar-refractivity contribution in [2.45, 2.75) is 48.0 Å². The molecule has 2 aliphatic rings. The van der Waals surface area contributed by atoms with Gasteiger partial charge < -0.3 is 15.3 Å². The van der Waals surface area contributed by atoms with Gasteiger partial charge in [0.15, 0.2) is 9.84 Å². The van der Waals surface area contributed by atoms with Crippen LogP contribution in [0.1, 0.15) is 48.6 Å². The third kappa shape index (κ3) is 3.08. The largest absolute Gasteiger partial charge is 0.355 e. The summed E-state index contributed by atoms with van der Waals surface area (Å²) in [6.45, 7) is 0. The van der Waals surface area contributed by atoms with E-state index in [1.807, 2.05) is 42.1 Å². The van der Waals surface area contributed by atoms with Gasteiger partial charge in [0.25, 0.3) is 5.56 Å². The van der Waals surface area contributed by atoms with Crippen molar-refractivity contribution >= 4 is 20.7 Å². The third-order valence-corrected chi connectivity index (χ3v) is 8.41. The van der Waals surface area contributed by atoms with E-state index in [0.29, 0.717) is 10.9 Å². The van der Waals surface area contributed by atoms with Crippen LogP contribution < -0.4 is 11.3 Å². The van der Waals surface area contributed by atoms with Crippen LogP contribution in [-0.2, 0) is 22.3 Å². The molecule has 0 amide bonds. The molecule has 4 aromatic rings. The highest BCUT2D eigenvalue weighted by Gasteiger charge is 2.48. The lowest BCUT2D eigenvalue weighted by molar-refractivity contribution is 0.234. The quantitative estimate of drug-likeness (QED) is 0.452. The van der Waals surface area contributed by atoms with E-state index in [9.17, 15) is 13.2 Å². The Hall–Kier alpha value is -3.24. The fourth-order valence-corrected chi connectivity index (χ4v) is 6.35. The summed E-state index contributed by atoms with van der Waals surface area (Å²) in [5.74, 6) is 1.11. The number of fused-ring (bicyclic) bond motifs is 1. The first-order valence-electron chi connectivity index (χ1n) is 11.4. The lowest BCUT2D eigenvalue weighted by Gasteiger charge is -2.45. The molecule has 0 aliphatic heterocycles. The minimum absolute atomic E-state index is 0.0780. The Bertz CT molecular complexity index is 1600. The van der Waals surface area contributed by atoms with Gasteiger partial charge in [-0.05, 0) is 54.9 Å². The summed E-state index contributed by atoms with van der Waals surface area (Å²) in [6, 6.07) is 7.98. The van der Waals surface area contributed by atoms with Gasteiger partial charge in [-0.1, -0.05) is 12.1 Å². The van der Waals surface area contributed by atoms with Crippen molar-refractivity contribution in [2.75, 3.05) is 6.26 Å². The Morgan fingerprint density at radius 2 is 2.00 bits per heavy atom. The maximum absolute atomic E-state index is 13.5. The summed E-state index contributed by atoms with van der Waals surface area (Å²) in [5.41, 5.74) is 8.56. The zero-order chi connectivity index (χ0) is 23.8. The number of sulfone groups is 1. The van der Waals surface area contributed by atoms with E-state index in [-0.39, 0.29) is 27.8 Å². The Morgan fingerprint density at radius 1 is 1.24 bits per heavy atom. The predicted molar refractivity (Wildman–Crippen MR) is 128 cm³/mol. The molecule has 0 saturated heterocycles. The molecule has 0 atom stereocenters. The Kier molecular flexibility index (Phi) is 4.47. The Morgan fingerprint density at radius 3 is 2.62 bits per heavy atom. The molecule has 10 heteroatoms. The van der Waals surface area contributed by atoms with Crippen LogP contribution in [-0.4, -0.2) is 45.0 Å². The predicted octanol–water partition coefficient (Wildman–Crippen LogP) is 2.14. The molecule has 2 saturated carbocycles. The van der Waals surface area contributed by atoms with Gasteiger partial charge in [-0.15, -0.1) is 10.2 Å². The van der Waals surface area contributed by atoms with Gasteiger partial charge in [0.1, 0.15) is 17.7 Å². The molecule has 6 rings (SSSR count). The van der Waals surface area contributed by atoms with Crippen LogP contribution in [0, 0.1) is 0 Å². The van der Waals surface area contributed by atoms with E-state index >= 15 is 0 Å². The van der Waals surface area contributed by atoms with Crippen LogP contribution in [0.5, 0.6) is 0 Å². The number of aryl methyl sites for hydroxylation is 1. The molecule has 3 N–H and O–H groups in total. The molecule has 3 aromatic heterocycles. The van der Waals surface area contributed by atoms with Crippen molar-refractivity contribution in [3.05, 3.63) is 70.3 Å². The van der Waals surface area contributed by atoms with Gasteiger partial charge in [0.2, 0.25) is 0 Å². The molecule has 0 radical (unpaired) electrons. The monoisotopic (exact) mass is 478 g/mol. The summed E-state index contributed by atoms with van der Waals surface area (Å²) in [7, 11) is -1.54. The van der Waals surface area contributed by atoms with E-state index in [0.717, 1.165) is 48.3 Å². The topological polar surface area (TPSA) is 129 Å². The summed E-state index contributed by atoms with van der Waals surface area (Å²) in [6.07, 6.45) is 9.59. The van der Waals surface area contributed by atoms with Crippen LogP contribution >= 0.6 is 0 Å². The fraction of sp³-hybridized carbons (Fsp3) is 0.375. The van der Waals surface area contributed by atoms with Gasteiger partial charge in [-0.3, -0.25) is 9.36 Å². The summed E-state index contributed by atoms with van der Waals surface area (Å²) in [5, 5.41) is 8.98. The lowest BCUT2D eigenvalue weighted by atomic mass is 9.61. The van der Waals surface area contributed by atoms with E-state index < -0.39 is 9.84 Å². The van der Waals surface area contributed by atoms with Crippen molar-refractivity contribution in [1.29, 1.82) is 0 Å². The zero-order valence-electron chi connectivity index (χ0n) is 19.0. The highest BCUT2D eigenvalue weighted by Crippen LogP contribution is 2.48. The smallest absolute Gasteiger partial charge is 0.279 e. The normalized spacial score (nSPS) is 22.7. The molecular formula is C24H26N6O3S. The molecule has 1 aromatic carbocycles. The number of pyridine rings is 1.